The molecule has 0 saturated carbocycles. The number of aryl methyl sites for hydroxylation is 2. The lowest BCUT2D eigenvalue weighted by Crippen LogP contribution is -2.13. The first-order valence-corrected chi connectivity index (χ1v) is 25.6. The third-order valence-electron chi connectivity index (χ3n) is 12.4. The third kappa shape index (κ3) is 15.4. The van der Waals surface area contributed by atoms with Crippen LogP contribution in [0.2, 0.25) is 0 Å². The van der Waals surface area contributed by atoms with Crippen molar-refractivity contribution in [1.82, 2.24) is 0 Å². The van der Waals surface area contributed by atoms with Gasteiger partial charge in [0.05, 0.1) is 0 Å². The van der Waals surface area contributed by atoms with Crippen molar-refractivity contribution in [2.24, 2.45) is 0 Å². The first kappa shape index (κ1) is 46.8. The molecule has 4 aromatic rings. The van der Waals surface area contributed by atoms with Gasteiger partial charge in [-0.05, 0) is 117 Å². The standard InChI is InChI=1S/C54H84S2/c1-9-11-13-15-17-19-21-23-25-27-29-31-33-43-35-37-55-51(43)49-41-45(53(3,4)5)40-48-47(49)39-46(54(6,7)8)42-50(48)52-44(36-38-56-52)34-32-30-28-26-24-22-20-18-16-14-12-10-2/h35-42H,9-34H2,1-8H3. The van der Waals surface area contributed by atoms with Gasteiger partial charge in [0.25, 0.3) is 0 Å². The molecule has 0 aliphatic rings. The van der Waals surface area contributed by atoms with Crippen LogP contribution in [-0.4, -0.2) is 0 Å². The first-order valence-electron chi connectivity index (χ1n) is 23.8. The average Bonchev–Trinajstić information content (AvgIpc) is 3.84. The van der Waals surface area contributed by atoms with Gasteiger partial charge in [0.2, 0.25) is 0 Å². The van der Waals surface area contributed by atoms with Crippen molar-refractivity contribution in [2.45, 2.75) is 233 Å². The van der Waals surface area contributed by atoms with Crippen LogP contribution < -0.4 is 0 Å². The predicted molar refractivity (Wildman–Crippen MR) is 258 cm³/mol. The van der Waals surface area contributed by atoms with Gasteiger partial charge in [-0.2, -0.15) is 0 Å². The molecule has 0 aliphatic heterocycles. The highest BCUT2D eigenvalue weighted by Crippen LogP contribution is 2.45. The zero-order chi connectivity index (χ0) is 40.2. The predicted octanol–water partition coefficient (Wildman–Crippen LogP) is 19.4. The van der Waals surface area contributed by atoms with E-state index in [0.29, 0.717) is 0 Å². The summed E-state index contributed by atoms with van der Waals surface area (Å²) in [5.74, 6) is 0. The van der Waals surface area contributed by atoms with Gasteiger partial charge in [-0.25, -0.2) is 0 Å². The molecule has 0 aliphatic carbocycles. The maximum Gasteiger partial charge on any atom is 0.0381 e. The molecule has 0 nitrogen and oxygen atoms in total. The van der Waals surface area contributed by atoms with Gasteiger partial charge < -0.3 is 0 Å². The van der Waals surface area contributed by atoms with Crippen molar-refractivity contribution in [3.63, 3.8) is 0 Å². The van der Waals surface area contributed by atoms with Crippen LogP contribution in [0.5, 0.6) is 0 Å². The number of hydrogen-bond acceptors (Lipinski definition) is 2. The summed E-state index contributed by atoms with van der Waals surface area (Å²) in [5.41, 5.74) is 9.08. The summed E-state index contributed by atoms with van der Waals surface area (Å²) in [6, 6.07) is 15.1. The van der Waals surface area contributed by atoms with E-state index in [1.165, 1.54) is 210 Å². The van der Waals surface area contributed by atoms with Crippen LogP contribution in [-0.2, 0) is 23.7 Å². The Hall–Kier alpha value is -1.90. The molecule has 2 aromatic carbocycles. The third-order valence-corrected chi connectivity index (χ3v) is 14.4. The van der Waals surface area contributed by atoms with E-state index in [0.717, 1.165) is 0 Å². The fraction of sp³-hybridized carbons (Fsp3) is 0.667. The van der Waals surface area contributed by atoms with Gasteiger partial charge >= 0.3 is 0 Å². The molecule has 312 valence electrons. The topological polar surface area (TPSA) is 0 Å². The molecule has 0 amide bonds. The van der Waals surface area contributed by atoms with Gasteiger partial charge in [-0.1, -0.05) is 197 Å². The van der Waals surface area contributed by atoms with Crippen LogP contribution in [0.15, 0.2) is 47.2 Å². The monoisotopic (exact) mass is 797 g/mol. The van der Waals surface area contributed by atoms with E-state index < -0.39 is 0 Å². The minimum absolute atomic E-state index is 0.0726. The van der Waals surface area contributed by atoms with E-state index in [1.54, 1.807) is 11.1 Å². The summed E-state index contributed by atoms with van der Waals surface area (Å²) in [7, 11) is 0. The van der Waals surface area contributed by atoms with Gasteiger partial charge in [-0.3, -0.25) is 0 Å². The van der Waals surface area contributed by atoms with Crippen molar-refractivity contribution < 1.29 is 0 Å². The largest absolute Gasteiger partial charge is 0.144 e. The molecule has 56 heavy (non-hydrogen) atoms. The minimum atomic E-state index is 0.0726. The van der Waals surface area contributed by atoms with Crippen LogP contribution in [0, 0.1) is 0 Å². The Kier molecular flexibility index (Phi) is 20.8. The molecular weight excluding hydrogens is 713 g/mol. The van der Waals surface area contributed by atoms with Gasteiger partial charge in [0, 0.05) is 20.9 Å². The Bertz CT molecular complexity index is 1530. The molecule has 2 aromatic heterocycles. The van der Waals surface area contributed by atoms with E-state index in [9.17, 15) is 0 Å². The molecule has 2 heterocycles. The van der Waals surface area contributed by atoms with E-state index in [4.69, 9.17) is 0 Å². The van der Waals surface area contributed by atoms with Crippen molar-refractivity contribution in [3.05, 3.63) is 69.4 Å². The van der Waals surface area contributed by atoms with E-state index in [1.807, 2.05) is 22.7 Å². The zero-order valence-electron chi connectivity index (χ0n) is 37.8. The van der Waals surface area contributed by atoms with Crippen molar-refractivity contribution >= 4 is 33.4 Å². The maximum absolute atomic E-state index is 2.57. The normalized spacial score (nSPS) is 12.4. The highest BCUT2D eigenvalue weighted by atomic mass is 32.1. The molecule has 2 heteroatoms. The molecule has 0 bridgehead atoms. The Labute approximate surface area is 355 Å². The van der Waals surface area contributed by atoms with Crippen LogP contribution in [0.3, 0.4) is 0 Å². The Morgan fingerprint density at radius 3 is 0.946 bits per heavy atom. The second-order valence-electron chi connectivity index (χ2n) is 19.5. The molecule has 0 radical (unpaired) electrons. The number of benzene rings is 2. The van der Waals surface area contributed by atoms with Gasteiger partial charge in [-0.15, -0.1) is 22.7 Å². The Morgan fingerprint density at radius 2 is 0.661 bits per heavy atom. The fourth-order valence-electron chi connectivity index (χ4n) is 8.55. The molecule has 0 N–H and O–H groups in total. The zero-order valence-corrected chi connectivity index (χ0v) is 39.5. The number of fused-ring (bicyclic) bond motifs is 1. The summed E-state index contributed by atoms with van der Waals surface area (Å²) in [6.45, 7) is 19.0. The average molecular weight is 797 g/mol. The van der Waals surface area contributed by atoms with Crippen molar-refractivity contribution in [1.29, 1.82) is 0 Å². The van der Waals surface area contributed by atoms with Crippen molar-refractivity contribution in [3.8, 4) is 20.9 Å². The molecule has 0 saturated heterocycles. The lowest BCUT2D eigenvalue weighted by atomic mass is 9.79. The van der Waals surface area contributed by atoms with E-state index >= 15 is 0 Å². The van der Waals surface area contributed by atoms with Crippen LogP contribution in [0.25, 0.3) is 31.7 Å². The number of hydrogen-bond donors (Lipinski definition) is 0. The van der Waals surface area contributed by atoms with Crippen molar-refractivity contribution in [2.75, 3.05) is 0 Å². The second-order valence-corrected chi connectivity index (χ2v) is 21.3. The quantitative estimate of drug-likeness (QED) is 0.0502. The molecule has 0 unspecified atom stereocenters. The van der Waals surface area contributed by atoms with E-state index in [2.05, 4.69) is 103 Å². The molecule has 0 spiro atoms. The number of thiophene rings is 2. The Balaban J connectivity index is 1.48. The fourth-order valence-corrected chi connectivity index (χ4v) is 10.5. The second kappa shape index (κ2) is 24.9. The lowest BCUT2D eigenvalue weighted by molar-refractivity contribution is 0.544. The SMILES string of the molecule is CCCCCCCCCCCCCCc1ccsc1-c1cc(C(C)(C)C)cc2c(-c3sccc3CCCCCCCCCCCCCC)cc(C(C)(C)C)cc12. The van der Waals surface area contributed by atoms with Crippen LogP contribution in [0.1, 0.15) is 232 Å². The summed E-state index contributed by atoms with van der Waals surface area (Å²) >= 11 is 3.94. The minimum Gasteiger partial charge on any atom is -0.144 e. The van der Waals surface area contributed by atoms with Crippen LogP contribution in [0.4, 0.5) is 0 Å². The molecule has 4 rings (SSSR count). The Morgan fingerprint density at radius 1 is 0.375 bits per heavy atom. The molecular formula is C54H84S2. The van der Waals surface area contributed by atoms with Crippen LogP contribution >= 0.6 is 22.7 Å². The first-order chi connectivity index (χ1) is 27.0. The summed E-state index contributed by atoms with van der Waals surface area (Å²) < 4.78 is 0. The highest BCUT2D eigenvalue weighted by molar-refractivity contribution is 7.14. The summed E-state index contributed by atoms with van der Waals surface area (Å²) in [4.78, 5) is 3.01. The molecule has 0 fully saturated rings. The smallest absolute Gasteiger partial charge is 0.0381 e. The molecule has 0 atom stereocenters. The number of unbranched alkanes of at least 4 members (excludes halogenated alkanes) is 22. The summed E-state index contributed by atoms with van der Waals surface area (Å²) in [6.07, 6.45) is 36.0. The highest BCUT2D eigenvalue weighted by Gasteiger charge is 2.24. The van der Waals surface area contributed by atoms with E-state index in [-0.39, 0.29) is 10.8 Å². The van der Waals surface area contributed by atoms with Gasteiger partial charge in [0.15, 0.2) is 0 Å². The summed E-state index contributed by atoms with van der Waals surface area (Å²) in [5, 5.41) is 7.62. The maximum atomic E-state index is 2.57. The lowest BCUT2D eigenvalue weighted by Gasteiger charge is -2.26. The van der Waals surface area contributed by atoms with Gasteiger partial charge in [0.1, 0.15) is 0 Å². The number of rotatable bonds is 28.